The summed E-state index contributed by atoms with van der Waals surface area (Å²) in [5.74, 6) is -1.17. The van der Waals surface area contributed by atoms with Gasteiger partial charge in [-0.25, -0.2) is 14.5 Å². The van der Waals surface area contributed by atoms with Crippen molar-refractivity contribution in [2.45, 2.75) is 13.1 Å². The summed E-state index contributed by atoms with van der Waals surface area (Å²) in [6, 6.07) is 0. The highest BCUT2D eigenvalue weighted by atomic mass is 79.9. The first-order chi connectivity index (χ1) is 6.89. The van der Waals surface area contributed by atoms with Crippen LogP contribution in [-0.2, 0) is 6.18 Å². The van der Waals surface area contributed by atoms with Crippen LogP contribution in [0.25, 0.3) is 5.65 Å². The van der Waals surface area contributed by atoms with Crippen LogP contribution in [0.4, 0.5) is 13.2 Å². The molecule has 0 aliphatic heterocycles. The Balaban J connectivity index is 2.76. The second kappa shape index (κ2) is 3.16. The number of aromatic nitrogens is 4. The Labute approximate surface area is 90.3 Å². The van der Waals surface area contributed by atoms with Crippen LogP contribution >= 0.6 is 15.9 Å². The Bertz CT molecular complexity index is 519. The van der Waals surface area contributed by atoms with Crippen LogP contribution < -0.4 is 0 Å². The zero-order valence-corrected chi connectivity index (χ0v) is 8.96. The summed E-state index contributed by atoms with van der Waals surface area (Å²) in [5, 5.41) is 3.34. The van der Waals surface area contributed by atoms with Gasteiger partial charge in [0.1, 0.15) is 4.60 Å². The molecule has 0 saturated carbocycles. The molecule has 2 aromatic heterocycles. The van der Waals surface area contributed by atoms with Gasteiger partial charge in [-0.3, -0.25) is 0 Å². The topological polar surface area (TPSA) is 43.1 Å². The van der Waals surface area contributed by atoms with Crippen molar-refractivity contribution in [3.05, 3.63) is 22.3 Å². The third-order valence-corrected chi connectivity index (χ3v) is 2.28. The van der Waals surface area contributed by atoms with Crippen molar-refractivity contribution in [3.8, 4) is 0 Å². The molecule has 0 fully saturated rings. The van der Waals surface area contributed by atoms with E-state index in [0.29, 0.717) is 10.3 Å². The number of rotatable bonds is 0. The third kappa shape index (κ3) is 1.69. The van der Waals surface area contributed by atoms with Gasteiger partial charge in [-0.1, -0.05) is 0 Å². The molecule has 0 aromatic carbocycles. The third-order valence-electron chi connectivity index (χ3n) is 1.74. The van der Waals surface area contributed by atoms with E-state index in [1.54, 1.807) is 0 Å². The van der Waals surface area contributed by atoms with Crippen molar-refractivity contribution in [2.24, 2.45) is 0 Å². The van der Waals surface area contributed by atoms with Gasteiger partial charge < -0.3 is 0 Å². The number of hydrogen-bond acceptors (Lipinski definition) is 3. The highest BCUT2D eigenvalue weighted by Crippen LogP contribution is 2.26. The number of fused-ring (bicyclic) bond motifs is 1. The minimum absolute atomic E-state index is 0.183. The van der Waals surface area contributed by atoms with Gasteiger partial charge in [0.2, 0.25) is 0 Å². The van der Waals surface area contributed by atoms with E-state index < -0.39 is 12.0 Å². The molecule has 15 heavy (non-hydrogen) atoms. The quantitative estimate of drug-likeness (QED) is 0.743. The van der Waals surface area contributed by atoms with Gasteiger partial charge in [-0.05, 0) is 22.9 Å². The maximum absolute atomic E-state index is 12.4. The monoisotopic (exact) mass is 280 g/mol. The predicted octanol–water partition coefficient (Wildman–Crippen LogP) is 2.21. The highest BCUT2D eigenvalue weighted by molar-refractivity contribution is 9.10. The van der Waals surface area contributed by atoms with E-state index in [-0.39, 0.29) is 5.69 Å². The molecule has 0 aliphatic rings. The molecule has 80 valence electrons. The molecule has 0 N–H and O–H groups in total. The number of halogens is 4. The predicted molar refractivity (Wildman–Crippen MR) is 48.2 cm³/mol. The Morgan fingerprint density at radius 3 is 2.67 bits per heavy atom. The minimum atomic E-state index is -4.55. The standard InChI is InChI=1S/C7H4BrF3N4/c1-3-5-12-2-4(8)15(5)14-6(13-3)7(9,10)11/h2H,1H3. The fraction of sp³-hybridized carbons (Fsp3) is 0.286. The molecular formula is C7H4BrF3N4. The fourth-order valence-electron chi connectivity index (χ4n) is 1.11. The van der Waals surface area contributed by atoms with Crippen molar-refractivity contribution in [2.75, 3.05) is 0 Å². The molecule has 0 atom stereocenters. The lowest BCUT2D eigenvalue weighted by molar-refractivity contribution is -0.145. The second-order valence-corrected chi connectivity index (χ2v) is 3.65. The van der Waals surface area contributed by atoms with Gasteiger partial charge in [0.25, 0.3) is 5.82 Å². The van der Waals surface area contributed by atoms with Gasteiger partial charge >= 0.3 is 6.18 Å². The zero-order chi connectivity index (χ0) is 11.2. The molecule has 0 saturated heterocycles. The van der Waals surface area contributed by atoms with E-state index in [4.69, 9.17) is 0 Å². The van der Waals surface area contributed by atoms with Crippen LogP contribution in [0.2, 0.25) is 0 Å². The summed E-state index contributed by atoms with van der Waals surface area (Å²) >= 11 is 3.04. The van der Waals surface area contributed by atoms with Crippen LogP contribution in [0, 0.1) is 6.92 Å². The number of imidazole rings is 1. The van der Waals surface area contributed by atoms with E-state index in [0.717, 1.165) is 4.52 Å². The lowest BCUT2D eigenvalue weighted by atomic mass is 10.5. The number of hydrogen-bond donors (Lipinski definition) is 0. The minimum Gasteiger partial charge on any atom is -0.233 e. The van der Waals surface area contributed by atoms with Crippen LogP contribution in [0.1, 0.15) is 11.5 Å². The maximum Gasteiger partial charge on any atom is 0.453 e. The first-order valence-electron chi connectivity index (χ1n) is 3.84. The summed E-state index contributed by atoms with van der Waals surface area (Å²) in [4.78, 5) is 7.21. The van der Waals surface area contributed by atoms with Gasteiger partial charge in [-0.2, -0.15) is 13.2 Å². The van der Waals surface area contributed by atoms with Crippen LogP contribution in [0.5, 0.6) is 0 Å². The first kappa shape index (κ1) is 10.3. The molecule has 4 nitrogen and oxygen atoms in total. The average molecular weight is 281 g/mol. The van der Waals surface area contributed by atoms with Gasteiger partial charge in [0.05, 0.1) is 11.9 Å². The summed E-state index contributed by atoms with van der Waals surface area (Å²) < 4.78 is 38.5. The van der Waals surface area contributed by atoms with Crippen LogP contribution in [0.15, 0.2) is 10.8 Å². The van der Waals surface area contributed by atoms with Gasteiger partial charge in [-0.15, -0.1) is 5.10 Å². The number of nitrogens with zero attached hydrogens (tertiary/aromatic N) is 4. The smallest absolute Gasteiger partial charge is 0.233 e. The van der Waals surface area contributed by atoms with Crippen molar-refractivity contribution in [3.63, 3.8) is 0 Å². The summed E-state index contributed by atoms with van der Waals surface area (Å²) in [5.41, 5.74) is 0.484. The molecule has 0 radical (unpaired) electrons. The Morgan fingerprint density at radius 2 is 2.07 bits per heavy atom. The Kier molecular flexibility index (Phi) is 2.18. The number of alkyl halides is 3. The molecule has 0 amide bonds. The van der Waals surface area contributed by atoms with Crippen molar-refractivity contribution >= 4 is 21.6 Å². The summed E-state index contributed by atoms with van der Waals surface area (Å²) in [6.45, 7) is 1.45. The van der Waals surface area contributed by atoms with E-state index >= 15 is 0 Å². The van der Waals surface area contributed by atoms with E-state index in [9.17, 15) is 13.2 Å². The summed E-state index contributed by atoms with van der Waals surface area (Å²) in [6.07, 6.45) is -3.18. The zero-order valence-electron chi connectivity index (χ0n) is 7.38. The van der Waals surface area contributed by atoms with Gasteiger partial charge in [0, 0.05) is 0 Å². The first-order valence-corrected chi connectivity index (χ1v) is 4.64. The highest BCUT2D eigenvalue weighted by Gasteiger charge is 2.36. The van der Waals surface area contributed by atoms with E-state index in [1.807, 2.05) is 0 Å². The largest absolute Gasteiger partial charge is 0.453 e. The molecule has 0 spiro atoms. The van der Waals surface area contributed by atoms with Crippen molar-refractivity contribution < 1.29 is 13.2 Å². The van der Waals surface area contributed by atoms with Gasteiger partial charge in [0.15, 0.2) is 5.65 Å². The Hall–Kier alpha value is -1.18. The maximum atomic E-state index is 12.4. The molecule has 0 unspecified atom stereocenters. The average Bonchev–Trinajstić information content (AvgIpc) is 2.47. The molecule has 0 bridgehead atoms. The molecule has 2 rings (SSSR count). The van der Waals surface area contributed by atoms with Crippen LogP contribution in [-0.4, -0.2) is 19.6 Å². The van der Waals surface area contributed by atoms with E-state index in [1.165, 1.54) is 13.1 Å². The second-order valence-electron chi connectivity index (χ2n) is 2.83. The number of aryl methyl sites for hydroxylation is 1. The summed E-state index contributed by atoms with van der Waals surface area (Å²) in [7, 11) is 0. The lowest BCUT2D eigenvalue weighted by Gasteiger charge is -2.06. The molecule has 2 aromatic rings. The van der Waals surface area contributed by atoms with E-state index in [2.05, 4.69) is 31.0 Å². The van der Waals surface area contributed by atoms with Crippen molar-refractivity contribution in [1.82, 2.24) is 19.6 Å². The Morgan fingerprint density at radius 1 is 1.40 bits per heavy atom. The molecule has 0 aliphatic carbocycles. The fourth-order valence-corrected chi connectivity index (χ4v) is 1.46. The normalized spacial score (nSPS) is 12.3. The van der Waals surface area contributed by atoms with Crippen molar-refractivity contribution in [1.29, 1.82) is 0 Å². The molecular weight excluding hydrogens is 277 g/mol. The molecule has 8 heteroatoms. The SMILES string of the molecule is Cc1nc(C(F)(F)F)nn2c(Br)cnc12. The molecule has 2 heterocycles. The van der Waals surface area contributed by atoms with Crippen LogP contribution in [0.3, 0.4) is 0 Å². The lowest BCUT2D eigenvalue weighted by Crippen LogP contribution is -2.15.